The van der Waals surface area contributed by atoms with Gasteiger partial charge in [0, 0.05) is 6.54 Å². The topological polar surface area (TPSA) is 38.3 Å². The second kappa shape index (κ2) is 4.32. The zero-order valence-electron chi connectivity index (χ0n) is 3.90. The molecule has 0 unspecified atom stereocenters. The molecule has 0 saturated carbocycles. The summed E-state index contributed by atoms with van der Waals surface area (Å²) in [7, 11) is 0. The smallest absolute Gasteiger partial charge is 0.363 e. The van der Waals surface area contributed by atoms with Crippen LogP contribution in [0.2, 0.25) is 0 Å². The first-order valence-electron chi connectivity index (χ1n) is 1.86. The fourth-order valence-electron chi connectivity index (χ4n) is 0.129. The van der Waals surface area contributed by atoms with Gasteiger partial charge in [-0.05, 0) is 6.92 Å². The van der Waals surface area contributed by atoms with E-state index in [9.17, 15) is 4.79 Å². The number of hydrogen-bond donors (Lipinski definition) is 1. The summed E-state index contributed by atoms with van der Waals surface area (Å²) in [5.74, 6) is 0. The van der Waals surface area contributed by atoms with Crippen LogP contribution in [0, 0.1) is 0 Å². The maximum Gasteiger partial charge on any atom is 0.385 e. The number of rotatable bonds is 2. The number of hydroxylamine groups is 1. The van der Waals surface area contributed by atoms with Gasteiger partial charge >= 0.3 is 3.98 Å². The Balaban J connectivity index is 2.82. The standard InChI is InChI=1S/C3H6INO2/c1-2-5-7-3(4)6/h5H,2H2,1H3. The molecule has 0 bridgehead atoms. The van der Waals surface area contributed by atoms with Crippen LogP contribution in [0.15, 0.2) is 0 Å². The van der Waals surface area contributed by atoms with E-state index in [4.69, 9.17) is 0 Å². The van der Waals surface area contributed by atoms with Crippen molar-refractivity contribution in [3.8, 4) is 0 Å². The van der Waals surface area contributed by atoms with Gasteiger partial charge in [0.05, 0.1) is 22.6 Å². The van der Waals surface area contributed by atoms with Crippen LogP contribution < -0.4 is 5.48 Å². The first-order chi connectivity index (χ1) is 3.27. The third-order valence-corrected chi connectivity index (χ3v) is 0.517. The molecule has 0 atom stereocenters. The highest BCUT2D eigenvalue weighted by Gasteiger charge is 1.87. The average Bonchev–Trinajstić information content (AvgIpc) is 1.61. The number of halogens is 1. The van der Waals surface area contributed by atoms with Gasteiger partial charge in [-0.15, -0.1) is 0 Å². The maximum absolute atomic E-state index is 9.90. The molecule has 42 valence electrons. The van der Waals surface area contributed by atoms with Crippen LogP contribution in [0.3, 0.4) is 0 Å². The summed E-state index contributed by atoms with van der Waals surface area (Å²) in [6.45, 7) is 2.49. The van der Waals surface area contributed by atoms with Crippen LogP contribution in [-0.4, -0.2) is 10.5 Å². The number of carbonyl (C=O) groups is 1. The van der Waals surface area contributed by atoms with Crippen LogP contribution >= 0.6 is 22.6 Å². The minimum Gasteiger partial charge on any atom is -0.363 e. The van der Waals surface area contributed by atoms with Crippen LogP contribution in [0.4, 0.5) is 4.79 Å². The summed E-state index contributed by atoms with van der Waals surface area (Å²) in [5.41, 5.74) is 2.39. The highest BCUT2D eigenvalue weighted by molar-refractivity contribution is 14.1. The minimum absolute atomic E-state index is 0.334. The normalized spacial score (nSPS) is 8.29. The fourth-order valence-corrected chi connectivity index (χ4v) is 0.285. The van der Waals surface area contributed by atoms with Gasteiger partial charge in [-0.2, -0.15) is 5.48 Å². The van der Waals surface area contributed by atoms with Gasteiger partial charge in [-0.1, -0.05) is 0 Å². The molecular weight excluding hydrogens is 209 g/mol. The van der Waals surface area contributed by atoms with Gasteiger partial charge in [-0.3, -0.25) is 0 Å². The molecule has 0 heterocycles. The molecule has 1 N–H and O–H groups in total. The molecule has 0 spiro atoms. The van der Waals surface area contributed by atoms with Crippen molar-refractivity contribution in [2.75, 3.05) is 6.54 Å². The number of nitrogens with one attached hydrogen (secondary N) is 1. The Labute approximate surface area is 55.5 Å². The second-order valence-corrected chi connectivity index (χ2v) is 1.72. The molecule has 0 aromatic heterocycles. The van der Waals surface area contributed by atoms with Crippen molar-refractivity contribution in [3.63, 3.8) is 0 Å². The molecule has 0 aliphatic rings. The maximum atomic E-state index is 9.90. The van der Waals surface area contributed by atoms with E-state index in [2.05, 4.69) is 10.3 Å². The van der Waals surface area contributed by atoms with E-state index < -0.39 is 0 Å². The first-order valence-corrected chi connectivity index (χ1v) is 2.94. The third kappa shape index (κ3) is 6.16. The average molecular weight is 215 g/mol. The largest absolute Gasteiger partial charge is 0.385 e. The highest BCUT2D eigenvalue weighted by Crippen LogP contribution is 1.85. The van der Waals surface area contributed by atoms with Crippen LogP contribution in [0.5, 0.6) is 0 Å². The first kappa shape index (κ1) is 7.16. The molecule has 0 aliphatic heterocycles. The number of hydrogen-bond acceptors (Lipinski definition) is 3. The third-order valence-electron chi connectivity index (χ3n) is 0.297. The van der Waals surface area contributed by atoms with Crippen molar-refractivity contribution >= 4 is 26.6 Å². The molecule has 4 heteroatoms. The van der Waals surface area contributed by atoms with Crippen LogP contribution in [0.1, 0.15) is 6.92 Å². The summed E-state index contributed by atoms with van der Waals surface area (Å²) >= 11 is 1.54. The van der Waals surface area contributed by atoms with E-state index in [1.165, 1.54) is 0 Å². The second-order valence-electron chi connectivity index (χ2n) is 0.838. The molecule has 0 fully saturated rings. The molecule has 0 amide bonds. The van der Waals surface area contributed by atoms with Crippen molar-refractivity contribution in [1.82, 2.24) is 5.48 Å². The number of carbonyl (C=O) groups excluding carboxylic acids is 1. The van der Waals surface area contributed by atoms with E-state index in [1.807, 2.05) is 6.92 Å². The molecule has 3 nitrogen and oxygen atoms in total. The Hall–Kier alpha value is 0.160. The summed E-state index contributed by atoms with van der Waals surface area (Å²) in [5, 5.41) is 0. The van der Waals surface area contributed by atoms with E-state index in [0.29, 0.717) is 6.54 Å². The Kier molecular flexibility index (Phi) is 4.42. The highest BCUT2D eigenvalue weighted by atomic mass is 127. The summed E-state index contributed by atoms with van der Waals surface area (Å²) in [6, 6.07) is 0. The lowest BCUT2D eigenvalue weighted by atomic mass is 10.8. The molecular formula is C3H6INO2. The predicted octanol–water partition coefficient (Wildman–Crippen LogP) is 1.08. The van der Waals surface area contributed by atoms with E-state index >= 15 is 0 Å². The summed E-state index contributed by atoms with van der Waals surface area (Å²) in [4.78, 5) is 14.2. The zero-order valence-corrected chi connectivity index (χ0v) is 6.06. The molecule has 0 aromatic carbocycles. The molecule has 0 aromatic rings. The van der Waals surface area contributed by atoms with Gasteiger partial charge in [0.15, 0.2) is 0 Å². The molecule has 0 aliphatic carbocycles. The van der Waals surface area contributed by atoms with E-state index in [0.717, 1.165) is 0 Å². The van der Waals surface area contributed by atoms with Gasteiger partial charge < -0.3 is 4.84 Å². The van der Waals surface area contributed by atoms with Crippen LogP contribution in [-0.2, 0) is 4.84 Å². The van der Waals surface area contributed by atoms with Gasteiger partial charge in [-0.25, -0.2) is 4.79 Å². The summed E-state index contributed by atoms with van der Waals surface area (Å²) in [6.07, 6.45) is 0. The van der Waals surface area contributed by atoms with Gasteiger partial charge in [0.25, 0.3) is 0 Å². The summed E-state index contributed by atoms with van der Waals surface area (Å²) < 4.78 is -0.334. The zero-order chi connectivity index (χ0) is 5.70. The SMILES string of the molecule is CCNOC(=O)I. The Morgan fingerprint density at radius 2 is 2.57 bits per heavy atom. The lowest BCUT2D eigenvalue weighted by molar-refractivity contribution is 0.122. The Morgan fingerprint density at radius 1 is 2.00 bits per heavy atom. The quantitative estimate of drug-likeness (QED) is 0.425. The lowest BCUT2D eigenvalue weighted by Crippen LogP contribution is -2.14. The Morgan fingerprint density at radius 3 is 2.71 bits per heavy atom. The van der Waals surface area contributed by atoms with E-state index in [-0.39, 0.29) is 3.98 Å². The van der Waals surface area contributed by atoms with Crippen molar-refractivity contribution in [2.24, 2.45) is 0 Å². The van der Waals surface area contributed by atoms with Crippen molar-refractivity contribution in [1.29, 1.82) is 0 Å². The van der Waals surface area contributed by atoms with Crippen LogP contribution in [0.25, 0.3) is 0 Å². The fraction of sp³-hybridized carbons (Fsp3) is 0.667. The van der Waals surface area contributed by atoms with Crippen molar-refractivity contribution < 1.29 is 9.63 Å². The predicted molar refractivity (Wildman–Crippen MR) is 34.2 cm³/mol. The van der Waals surface area contributed by atoms with Crippen molar-refractivity contribution in [2.45, 2.75) is 6.92 Å². The molecule has 0 saturated heterocycles. The minimum atomic E-state index is -0.334. The molecule has 0 radical (unpaired) electrons. The molecule has 7 heavy (non-hydrogen) atoms. The Bertz CT molecular complexity index is 66.0. The van der Waals surface area contributed by atoms with Gasteiger partial charge in [0.2, 0.25) is 0 Å². The van der Waals surface area contributed by atoms with E-state index in [1.54, 1.807) is 22.6 Å². The van der Waals surface area contributed by atoms with Crippen molar-refractivity contribution in [3.05, 3.63) is 0 Å². The van der Waals surface area contributed by atoms with Gasteiger partial charge in [0.1, 0.15) is 0 Å². The monoisotopic (exact) mass is 215 g/mol. The lowest BCUT2D eigenvalue weighted by Gasteiger charge is -1.94. The molecule has 0 rings (SSSR count).